The SMILES string of the molecule is CN(Cc1cccnc1)Cc1c(-c2nc(-c3ccncc3)n[nH]2)nnn1C1=NON(C)C1N. The van der Waals surface area contributed by atoms with Gasteiger partial charge in [-0.2, -0.15) is 9.78 Å². The summed E-state index contributed by atoms with van der Waals surface area (Å²) < 4.78 is 1.60. The largest absolute Gasteiger partial charge is 0.306 e. The quantitative estimate of drug-likeness (QED) is 0.427. The highest BCUT2D eigenvalue weighted by Gasteiger charge is 2.32. The Bertz CT molecular complexity index is 1250. The number of aromatic amines is 1. The lowest BCUT2D eigenvalue weighted by Gasteiger charge is -2.18. The van der Waals surface area contributed by atoms with Crippen LogP contribution in [0.25, 0.3) is 22.9 Å². The zero-order valence-electron chi connectivity index (χ0n) is 18.1. The van der Waals surface area contributed by atoms with Crippen LogP contribution in [0.2, 0.25) is 0 Å². The number of oxime groups is 1. The van der Waals surface area contributed by atoms with Crippen LogP contribution >= 0.6 is 0 Å². The van der Waals surface area contributed by atoms with Crippen molar-refractivity contribution in [3.8, 4) is 22.9 Å². The van der Waals surface area contributed by atoms with E-state index in [2.05, 4.69) is 45.5 Å². The maximum Gasteiger partial charge on any atom is 0.208 e. The summed E-state index contributed by atoms with van der Waals surface area (Å²) >= 11 is 0. The van der Waals surface area contributed by atoms with Gasteiger partial charge in [0.2, 0.25) is 5.84 Å². The predicted molar refractivity (Wildman–Crippen MR) is 118 cm³/mol. The van der Waals surface area contributed by atoms with Gasteiger partial charge in [-0.3, -0.25) is 24.9 Å². The summed E-state index contributed by atoms with van der Waals surface area (Å²) in [6.07, 6.45) is 6.38. The molecule has 1 aliphatic rings. The molecule has 33 heavy (non-hydrogen) atoms. The molecule has 0 saturated carbocycles. The first kappa shape index (κ1) is 20.8. The van der Waals surface area contributed by atoms with E-state index in [-0.39, 0.29) is 0 Å². The molecular weight excluding hydrogens is 424 g/mol. The van der Waals surface area contributed by atoms with Gasteiger partial charge in [0.05, 0.1) is 5.69 Å². The molecule has 0 amide bonds. The van der Waals surface area contributed by atoms with E-state index in [4.69, 9.17) is 10.7 Å². The Morgan fingerprint density at radius 3 is 2.73 bits per heavy atom. The van der Waals surface area contributed by atoms with E-state index in [0.29, 0.717) is 36.3 Å². The van der Waals surface area contributed by atoms with Gasteiger partial charge in [0, 0.05) is 50.5 Å². The summed E-state index contributed by atoms with van der Waals surface area (Å²) in [5, 5.41) is 21.5. The van der Waals surface area contributed by atoms with Crippen LogP contribution in [-0.2, 0) is 18.0 Å². The molecule has 0 radical (unpaired) electrons. The standard InChI is InChI=1S/C20H22N12O/c1-30(11-13-4-3-7-23-10-13)12-15-16(25-29-32(15)20-17(21)31(2)33-28-20)19-24-18(26-27-19)14-5-8-22-9-6-14/h3-10,17H,11-12,21H2,1-2H3,(H,24,26,27). The topological polar surface area (TPSA) is 152 Å². The normalized spacial score (nSPS) is 16.2. The fourth-order valence-corrected chi connectivity index (χ4v) is 3.46. The third-order valence-corrected chi connectivity index (χ3v) is 5.14. The maximum absolute atomic E-state index is 6.22. The molecule has 0 bridgehead atoms. The molecule has 5 heterocycles. The van der Waals surface area contributed by atoms with Crippen molar-refractivity contribution in [2.45, 2.75) is 19.3 Å². The Morgan fingerprint density at radius 1 is 1.15 bits per heavy atom. The highest BCUT2D eigenvalue weighted by atomic mass is 16.8. The van der Waals surface area contributed by atoms with Crippen molar-refractivity contribution in [2.75, 3.05) is 14.1 Å². The minimum atomic E-state index is -0.593. The van der Waals surface area contributed by atoms with Gasteiger partial charge in [-0.25, -0.2) is 4.98 Å². The van der Waals surface area contributed by atoms with E-state index in [1.165, 1.54) is 5.06 Å². The Labute approximate surface area is 188 Å². The number of aromatic nitrogens is 8. The first-order valence-corrected chi connectivity index (χ1v) is 10.2. The lowest BCUT2D eigenvalue weighted by atomic mass is 10.2. The Balaban J connectivity index is 1.50. The number of hydroxylamine groups is 2. The van der Waals surface area contributed by atoms with Crippen LogP contribution in [0, 0.1) is 0 Å². The molecular formula is C20H22N12O. The molecule has 0 aromatic carbocycles. The van der Waals surface area contributed by atoms with E-state index in [1.54, 1.807) is 30.3 Å². The summed E-state index contributed by atoms with van der Waals surface area (Å²) in [6, 6.07) is 7.61. The number of nitrogens with zero attached hydrogens (tertiary/aromatic N) is 10. The average molecular weight is 446 g/mol. The molecule has 0 aliphatic carbocycles. The Morgan fingerprint density at radius 2 is 2.00 bits per heavy atom. The number of H-pyrrole nitrogens is 1. The van der Waals surface area contributed by atoms with Gasteiger partial charge in [0.1, 0.15) is 0 Å². The molecule has 0 saturated heterocycles. The molecule has 1 unspecified atom stereocenters. The minimum absolute atomic E-state index is 0.426. The zero-order chi connectivity index (χ0) is 22.8. The first-order valence-electron chi connectivity index (χ1n) is 10.2. The smallest absolute Gasteiger partial charge is 0.208 e. The van der Waals surface area contributed by atoms with Crippen LogP contribution in [0.15, 0.2) is 54.2 Å². The number of likely N-dealkylation sites (N-methyl/N-ethyl adjacent to an activating group) is 1. The van der Waals surface area contributed by atoms with Crippen molar-refractivity contribution < 1.29 is 4.94 Å². The van der Waals surface area contributed by atoms with Crippen LogP contribution in [0.3, 0.4) is 0 Å². The van der Waals surface area contributed by atoms with E-state index in [1.807, 2.05) is 37.5 Å². The molecule has 4 aromatic heterocycles. The van der Waals surface area contributed by atoms with Crippen LogP contribution in [0.5, 0.6) is 0 Å². The third-order valence-electron chi connectivity index (χ3n) is 5.14. The fraction of sp³-hybridized carbons (Fsp3) is 0.250. The van der Waals surface area contributed by atoms with Gasteiger partial charge in [-0.05, 0) is 36.0 Å². The summed E-state index contributed by atoms with van der Waals surface area (Å²) in [5.74, 6) is 1.45. The number of pyridine rings is 2. The molecule has 13 heteroatoms. The number of nitrogens with one attached hydrogen (secondary N) is 1. The van der Waals surface area contributed by atoms with Crippen molar-refractivity contribution in [3.05, 3.63) is 60.3 Å². The molecule has 4 aromatic rings. The molecule has 1 aliphatic heterocycles. The Hall–Kier alpha value is -4.07. The van der Waals surface area contributed by atoms with Gasteiger partial charge in [-0.15, -0.1) is 5.10 Å². The molecule has 5 rings (SSSR count). The Kier molecular flexibility index (Phi) is 5.56. The number of hydrogen-bond acceptors (Lipinski definition) is 11. The second-order valence-corrected chi connectivity index (χ2v) is 7.60. The monoisotopic (exact) mass is 446 g/mol. The summed E-state index contributed by atoms with van der Waals surface area (Å²) in [4.78, 5) is 20.2. The lowest BCUT2D eigenvalue weighted by molar-refractivity contribution is -0.130. The summed E-state index contributed by atoms with van der Waals surface area (Å²) in [7, 11) is 3.70. The van der Waals surface area contributed by atoms with Crippen LogP contribution in [0.4, 0.5) is 0 Å². The van der Waals surface area contributed by atoms with Crippen LogP contribution in [-0.4, -0.2) is 76.2 Å². The number of hydrogen-bond donors (Lipinski definition) is 2. The molecule has 1 atom stereocenters. The van der Waals surface area contributed by atoms with Gasteiger partial charge >= 0.3 is 0 Å². The van der Waals surface area contributed by atoms with Crippen LogP contribution < -0.4 is 5.73 Å². The summed E-state index contributed by atoms with van der Waals surface area (Å²) in [6.45, 7) is 1.16. The zero-order valence-corrected chi connectivity index (χ0v) is 18.1. The van der Waals surface area contributed by atoms with Crippen LogP contribution in [0.1, 0.15) is 11.3 Å². The van der Waals surface area contributed by atoms with Gasteiger partial charge in [0.25, 0.3) is 0 Å². The van der Waals surface area contributed by atoms with Gasteiger partial charge < -0.3 is 5.73 Å². The van der Waals surface area contributed by atoms with E-state index in [0.717, 1.165) is 16.8 Å². The lowest BCUT2D eigenvalue weighted by Crippen LogP contribution is -2.43. The third kappa shape index (κ3) is 4.19. The van der Waals surface area contributed by atoms with Crippen molar-refractivity contribution in [1.29, 1.82) is 0 Å². The molecule has 0 spiro atoms. The second-order valence-electron chi connectivity index (χ2n) is 7.60. The second kappa shape index (κ2) is 8.82. The fourth-order valence-electron chi connectivity index (χ4n) is 3.46. The maximum atomic E-state index is 6.22. The highest BCUT2D eigenvalue weighted by Crippen LogP contribution is 2.23. The molecule has 13 nitrogen and oxygen atoms in total. The van der Waals surface area contributed by atoms with Gasteiger partial charge in [-0.1, -0.05) is 16.3 Å². The highest BCUT2D eigenvalue weighted by molar-refractivity contribution is 5.89. The molecule has 168 valence electrons. The van der Waals surface area contributed by atoms with Crippen molar-refractivity contribution >= 4 is 5.84 Å². The van der Waals surface area contributed by atoms with E-state index >= 15 is 0 Å². The molecule has 3 N–H and O–H groups in total. The first-order chi connectivity index (χ1) is 16.1. The molecule has 0 fully saturated rings. The number of nitrogens with two attached hydrogens (primary N) is 1. The van der Waals surface area contributed by atoms with Gasteiger partial charge in [0.15, 0.2) is 23.5 Å². The van der Waals surface area contributed by atoms with E-state index < -0.39 is 6.17 Å². The number of rotatable bonds is 6. The van der Waals surface area contributed by atoms with Crippen molar-refractivity contribution in [2.24, 2.45) is 10.9 Å². The summed E-state index contributed by atoms with van der Waals surface area (Å²) in [5.41, 5.74) is 9.43. The predicted octanol–water partition coefficient (Wildman–Crippen LogP) is 0.476. The van der Waals surface area contributed by atoms with Crippen molar-refractivity contribution in [3.63, 3.8) is 0 Å². The van der Waals surface area contributed by atoms with Crippen molar-refractivity contribution in [1.82, 2.24) is 50.1 Å². The minimum Gasteiger partial charge on any atom is -0.306 e. The van der Waals surface area contributed by atoms with E-state index in [9.17, 15) is 0 Å². The average Bonchev–Trinajstić information content (AvgIpc) is 3.55.